The molecule has 1 N–H and O–H groups in total. The number of aromatic nitrogens is 2. The van der Waals surface area contributed by atoms with Gasteiger partial charge >= 0.3 is 6.18 Å². The third-order valence-corrected chi connectivity index (χ3v) is 4.80. The van der Waals surface area contributed by atoms with E-state index in [-0.39, 0.29) is 16.9 Å². The predicted molar refractivity (Wildman–Crippen MR) is 104 cm³/mol. The van der Waals surface area contributed by atoms with Crippen molar-refractivity contribution in [2.24, 2.45) is 0 Å². The standard InChI is InChI=1S/C20H23F3N4O2/c1-2-10-27-18(28)9-7-15(25-27)19(29)24-16-13-14(20(21,22)23)6-8-17(16)26-11-4-3-5-12-26/h6-9,13H,2-5,10-12H2,1H3,(H,24,29). The van der Waals surface area contributed by atoms with Crippen LogP contribution in [-0.4, -0.2) is 28.8 Å². The summed E-state index contributed by atoms with van der Waals surface area (Å²) in [5.41, 5.74) is -0.566. The topological polar surface area (TPSA) is 67.2 Å². The van der Waals surface area contributed by atoms with Crippen molar-refractivity contribution in [3.63, 3.8) is 0 Å². The van der Waals surface area contributed by atoms with Gasteiger partial charge in [0.05, 0.1) is 16.9 Å². The average Bonchev–Trinajstić information content (AvgIpc) is 2.69. The molecular weight excluding hydrogens is 385 g/mol. The van der Waals surface area contributed by atoms with Crippen LogP contribution in [-0.2, 0) is 12.7 Å². The van der Waals surface area contributed by atoms with Crippen molar-refractivity contribution < 1.29 is 18.0 Å². The molecule has 9 heteroatoms. The van der Waals surface area contributed by atoms with Crippen LogP contribution in [0.5, 0.6) is 0 Å². The lowest BCUT2D eigenvalue weighted by molar-refractivity contribution is -0.137. The number of halogens is 3. The van der Waals surface area contributed by atoms with Crippen molar-refractivity contribution in [2.45, 2.75) is 45.3 Å². The Balaban J connectivity index is 1.94. The SMILES string of the molecule is CCCn1nc(C(=O)Nc2cc(C(F)(F)F)ccc2N2CCCCC2)ccc1=O. The van der Waals surface area contributed by atoms with Gasteiger partial charge in [-0.05, 0) is 49.9 Å². The molecule has 1 aromatic heterocycles. The second-order valence-electron chi connectivity index (χ2n) is 7.01. The van der Waals surface area contributed by atoms with E-state index in [1.807, 2.05) is 11.8 Å². The third-order valence-electron chi connectivity index (χ3n) is 4.80. The lowest BCUT2D eigenvalue weighted by Crippen LogP contribution is -2.31. The van der Waals surface area contributed by atoms with E-state index < -0.39 is 17.6 Å². The van der Waals surface area contributed by atoms with Crippen LogP contribution in [0.1, 0.15) is 48.7 Å². The highest BCUT2D eigenvalue weighted by molar-refractivity contribution is 6.04. The molecule has 0 saturated carbocycles. The van der Waals surface area contributed by atoms with Crippen LogP contribution >= 0.6 is 0 Å². The highest BCUT2D eigenvalue weighted by Crippen LogP contribution is 2.36. The number of carbonyl (C=O) groups is 1. The van der Waals surface area contributed by atoms with Crippen LogP contribution in [0.15, 0.2) is 35.1 Å². The van der Waals surface area contributed by atoms with Gasteiger partial charge in [-0.2, -0.15) is 18.3 Å². The highest BCUT2D eigenvalue weighted by Gasteiger charge is 2.32. The molecule has 0 spiro atoms. The first-order chi connectivity index (χ1) is 13.8. The minimum Gasteiger partial charge on any atom is -0.370 e. The minimum absolute atomic E-state index is 0.0277. The molecule has 29 heavy (non-hydrogen) atoms. The summed E-state index contributed by atoms with van der Waals surface area (Å²) in [5.74, 6) is -0.660. The number of aryl methyl sites for hydroxylation is 1. The number of carbonyl (C=O) groups excluding carboxylic acids is 1. The third kappa shape index (κ3) is 4.96. The Morgan fingerprint density at radius 2 is 1.86 bits per heavy atom. The van der Waals surface area contributed by atoms with Crippen molar-refractivity contribution >= 4 is 17.3 Å². The number of alkyl halides is 3. The van der Waals surface area contributed by atoms with Gasteiger partial charge in [0.15, 0.2) is 0 Å². The van der Waals surface area contributed by atoms with Crippen LogP contribution in [0.4, 0.5) is 24.5 Å². The van der Waals surface area contributed by atoms with Crippen molar-refractivity contribution in [3.8, 4) is 0 Å². The van der Waals surface area contributed by atoms with E-state index in [1.54, 1.807) is 0 Å². The summed E-state index contributed by atoms with van der Waals surface area (Å²) in [7, 11) is 0. The zero-order chi connectivity index (χ0) is 21.0. The number of hydrogen-bond acceptors (Lipinski definition) is 4. The number of amides is 1. The molecule has 1 aliphatic rings. The lowest BCUT2D eigenvalue weighted by Gasteiger charge is -2.31. The maximum Gasteiger partial charge on any atom is 0.416 e. The first-order valence-electron chi connectivity index (χ1n) is 9.65. The Bertz CT molecular complexity index is 934. The number of hydrogen-bond donors (Lipinski definition) is 1. The molecule has 6 nitrogen and oxygen atoms in total. The molecule has 0 aliphatic carbocycles. The Hall–Kier alpha value is -2.84. The molecule has 3 rings (SSSR count). The maximum atomic E-state index is 13.2. The molecule has 1 amide bonds. The maximum absolute atomic E-state index is 13.2. The summed E-state index contributed by atoms with van der Waals surface area (Å²) in [5, 5.41) is 6.59. The summed E-state index contributed by atoms with van der Waals surface area (Å²) in [6.45, 7) is 3.65. The van der Waals surface area contributed by atoms with Crippen LogP contribution < -0.4 is 15.8 Å². The molecule has 1 aliphatic heterocycles. The molecule has 0 radical (unpaired) electrons. The second-order valence-corrected chi connectivity index (χ2v) is 7.01. The Kier molecular flexibility index (Phi) is 6.24. The molecule has 156 valence electrons. The summed E-state index contributed by atoms with van der Waals surface area (Å²) in [6.07, 6.45) is -0.908. The number of rotatable bonds is 5. The molecule has 1 fully saturated rings. The molecule has 2 aromatic rings. The van der Waals surface area contributed by atoms with Crippen molar-refractivity contribution in [2.75, 3.05) is 23.3 Å². The van der Waals surface area contributed by atoms with Crippen LogP contribution in [0.2, 0.25) is 0 Å². The van der Waals surface area contributed by atoms with Crippen molar-refractivity contribution in [1.82, 2.24) is 9.78 Å². The minimum atomic E-state index is -4.52. The predicted octanol–water partition coefficient (Wildman–Crippen LogP) is 3.91. The zero-order valence-electron chi connectivity index (χ0n) is 16.1. The monoisotopic (exact) mass is 408 g/mol. The molecule has 0 bridgehead atoms. The summed E-state index contributed by atoms with van der Waals surface area (Å²) in [6, 6.07) is 5.88. The van der Waals surface area contributed by atoms with Gasteiger partial charge in [0.25, 0.3) is 11.5 Å². The first-order valence-corrected chi connectivity index (χ1v) is 9.65. The fourth-order valence-electron chi connectivity index (χ4n) is 3.35. The summed E-state index contributed by atoms with van der Waals surface area (Å²) >= 11 is 0. The molecule has 0 atom stereocenters. The highest BCUT2D eigenvalue weighted by atomic mass is 19.4. The Morgan fingerprint density at radius 3 is 2.52 bits per heavy atom. The Morgan fingerprint density at radius 1 is 1.14 bits per heavy atom. The number of benzene rings is 1. The van der Waals surface area contributed by atoms with E-state index in [0.29, 0.717) is 31.7 Å². The van der Waals surface area contributed by atoms with Gasteiger partial charge in [0.1, 0.15) is 5.69 Å². The van der Waals surface area contributed by atoms with Crippen LogP contribution in [0.3, 0.4) is 0 Å². The fraction of sp³-hybridized carbons (Fsp3) is 0.450. The van der Waals surface area contributed by atoms with Crippen LogP contribution in [0.25, 0.3) is 0 Å². The smallest absolute Gasteiger partial charge is 0.370 e. The number of anilines is 2. The molecule has 0 unspecified atom stereocenters. The quantitative estimate of drug-likeness (QED) is 0.815. The van der Waals surface area contributed by atoms with E-state index in [9.17, 15) is 22.8 Å². The van der Waals surface area contributed by atoms with E-state index >= 15 is 0 Å². The summed E-state index contributed by atoms with van der Waals surface area (Å²) < 4.78 is 40.8. The van der Waals surface area contributed by atoms with E-state index in [2.05, 4.69) is 10.4 Å². The zero-order valence-corrected chi connectivity index (χ0v) is 16.1. The number of piperidine rings is 1. The first kappa shape index (κ1) is 20.9. The summed E-state index contributed by atoms with van der Waals surface area (Å²) in [4.78, 5) is 26.5. The molecule has 2 heterocycles. The van der Waals surface area contributed by atoms with Gasteiger partial charge in [0.2, 0.25) is 0 Å². The van der Waals surface area contributed by atoms with Gasteiger partial charge in [-0.1, -0.05) is 6.92 Å². The van der Waals surface area contributed by atoms with Gasteiger partial charge < -0.3 is 10.2 Å². The van der Waals surface area contributed by atoms with Gasteiger partial charge in [0, 0.05) is 25.7 Å². The molecular formula is C20H23F3N4O2. The average molecular weight is 408 g/mol. The van der Waals surface area contributed by atoms with E-state index in [4.69, 9.17) is 0 Å². The number of nitrogens with one attached hydrogen (secondary N) is 1. The van der Waals surface area contributed by atoms with Gasteiger partial charge in [-0.25, -0.2) is 4.68 Å². The normalized spacial score (nSPS) is 14.7. The van der Waals surface area contributed by atoms with Gasteiger partial charge in [-0.15, -0.1) is 0 Å². The lowest BCUT2D eigenvalue weighted by atomic mass is 10.1. The van der Waals surface area contributed by atoms with Crippen LogP contribution in [0, 0.1) is 0 Å². The second kappa shape index (κ2) is 8.67. The number of nitrogens with zero attached hydrogens (tertiary/aromatic N) is 3. The largest absolute Gasteiger partial charge is 0.416 e. The molecule has 1 saturated heterocycles. The fourth-order valence-corrected chi connectivity index (χ4v) is 3.35. The Labute approximate surface area is 166 Å². The van der Waals surface area contributed by atoms with E-state index in [0.717, 1.165) is 31.4 Å². The van der Waals surface area contributed by atoms with E-state index in [1.165, 1.54) is 22.9 Å². The van der Waals surface area contributed by atoms with Crippen molar-refractivity contribution in [3.05, 3.63) is 51.9 Å². The molecule has 1 aromatic carbocycles. The van der Waals surface area contributed by atoms with Gasteiger partial charge in [-0.3, -0.25) is 9.59 Å². The van der Waals surface area contributed by atoms with Crippen molar-refractivity contribution in [1.29, 1.82) is 0 Å².